The van der Waals surface area contributed by atoms with Gasteiger partial charge >= 0.3 is 0 Å². The van der Waals surface area contributed by atoms with Crippen LogP contribution in [0.25, 0.3) is 0 Å². The molecule has 3 aromatic rings. The molecule has 0 bridgehead atoms. The van der Waals surface area contributed by atoms with Crippen molar-refractivity contribution in [3.8, 4) is 0 Å². The summed E-state index contributed by atoms with van der Waals surface area (Å²) >= 11 is 18.8. The van der Waals surface area contributed by atoms with Crippen molar-refractivity contribution in [2.75, 3.05) is 17.1 Å². The minimum absolute atomic E-state index is 0.00796. The van der Waals surface area contributed by atoms with Gasteiger partial charge in [-0.05, 0) is 48.2 Å². The summed E-state index contributed by atoms with van der Waals surface area (Å²) in [4.78, 5) is 29.4. The molecular formula is C30H32Cl3N3O4S. The van der Waals surface area contributed by atoms with Crippen LogP contribution in [-0.4, -0.2) is 50.0 Å². The smallest absolute Gasteiger partial charge is 0.244 e. The van der Waals surface area contributed by atoms with Gasteiger partial charge in [-0.3, -0.25) is 13.9 Å². The van der Waals surface area contributed by atoms with Crippen LogP contribution in [0.15, 0.2) is 72.8 Å². The average Bonchev–Trinajstić information content (AvgIpc) is 3.44. The molecule has 1 aliphatic rings. The zero-order valence-electron chi connectivity index (χ0n) is 22.6. The van der Waals surface area contributed by atoms with Gasteiger partial charge in [0, 0.05) is 24.0 Å². The Hall–Kier alpha value is -2.78. The van der Waals surface area contributed by atoms with Crippen molar-refractivity contribution in [2.45, 2.75) is 50.7 Å². The molecule has 4 rings (SSSR count). The van der Waals surface area contributed by atoms with E-state index in [1.165, 1.54) is 17.0 Å². The summed E-state index contributed by atoms with van der Waals surface area (Å²) in [6, 6.07) is 20.1. The van der Waals surface area contributed by atoms with E-state index in [4.69, 9.17) is 34.8 Å². The van der Waals surface area contributed by atoms with Crippen LogP contribution in [-0.2, 0) is 32.6 Å². The van der Waals surface area contributed by atoms with Crippen LogP contribution in [0.1, 0.15) is 36.8 Å². The van der Waals surface area contributed by atoms with E-state index in [1.807, 2.05) is 36.4 Å². The Kier molecular flexibility index (Phi) is 10.6. The highest BCUT2D eigenvalue weighted by Crippen LogP contribution is 2.34. The Morgan fingerprint density at radius 1 is 0.927 bits per heavy atom. The molecule has 41 heavy (non-hydrogen) atoms. The maximum Gasteiger partial charge on any atom is 0.244 e. The van der Waals surface area contributed by atoms with E-state index >= 15 is 0 Å². The van der Waals surface area contributed by atoms with E-state index < -0.39 is 28.5 Å². The van der Waals surface area contributed by atoms with Crippen molar-refractivity contribution in [3.05, 3.63) is 99.0 Å². The second kappa shape index (κ2) is 13.9. The summed E-state index contributed by atoms with van der Waals surface area (Å²) in [7, 11) is -3.97. The quantitative estimate of drug-likeness (QED) is 0.275. The van der Waals surface area contributed by atoms with Gasteiger partial charge in [0.2, 0.25) is 21.8 Å². The lowest BCUT2D eigenvalue weighted by Gasteiger charge is -2.34. The number of hydrogen-bond acceptors (Lipinski definition) is 4. The third-order valence-corrected chi connectivity index (χ3v) is 9.26. The van der Waals surface area contributed by atoms with E-state index in [9.17, 15) is 18.0 Å². The van der Waals surface area contributed by atoms with Crippen molar-refractivity contribution in [1.82, 2.24) is 10.2 Å². The molecule has 0 aromatic heterocycles. The van der Waals surface area contributed by atoms with Crippen LogP contribution in [0, 0.1) is 0 Å². The highest BCUT2D eigenvalue weighted by Gasteiger charge is 2.34. The minimum Gasteiger partial charge on any atom is -0.352 e. The topological polar surface area (TPSA) is 86.8 Å². The van der Waals surface area contributed by atoms with Gasteiger partial charge in [-0.1, -0.05) is 96.2 Å². The molecule has 11 heteroatoms. The van der Waals surface area contributed by atoms with Crippen LogP contribution >= 0.6 is 34.8 Å². The molecule has 2 amide bonds. The van der Waals surface area contributed by atoms with Crippen LogP contribution in [0.2, 0.25) is 15.1 Å². The van der Waals surface area contributed by atoms with Gasteiger partial charge < -0.3 is 10.2 Å². The Bertz CT molecular complexity index is 1480. The second-order valence-corrected chi connectivity index (χ2v) is 13.3. The number of carbonyl (C=O) groups is 2. The zero-order chi connectivity index (χ0) is 29.6. The third kappa shape index (κ3) is 8.38. The summed E-state index contributed by atoms with van der Waals surface area (Å²) in [5.74, 6) is -0.864. The first-order valence-electron chi connectivity index (χ1n) is 13.3. The first kappa shape index (κ1) is 31.2. The fourth-order valence-electron chi connectivity index (χ4n) is 5.03. The van der Waals surface area contributed by atoms with E-state index in [-0.39, 0.29) is 40.6 Å². The predicted molar refractivity (Wildman–Crippen MR) is 165 cm³/mol. The van der Waals surface area contributed by atoms with E-state index in [1.54, 1.807) is 24.3 Å². The summed E-state index contributed by atoms with van der Waals surface area (Å²) < 4.78 is 26.8. The maximum atomic E-state index is 14.2. The van der Waals surface area contributed by atoms with Gasteiger partial charge in [0.15, 0.2) is 0 Å². The first-order chi connectivity index (χ1) is 19.5. The number of nitrogens with zero attached hydrogens (tertiary/aromatic N) is 2. The van der Waals surface area contributed by atoms with Gasteiger partial charge in [0.25, 0.3) is 0 Å². The van der Waals surface area contributed by atoms with E-state index in [0.29, 0.717) is 10.6 Å². The summed E-state index contributed by atoms with van der Waals surface area (Å²) in [5, 5.41) is 3.77. The molecule has 1 aliphatic carbocycles. The van der Waals surface area contributed by atoms with Crippen molar-refractivity contribution in [1.29, 1.82) is 0 Å². The number of hydrogen-bond donors (Lipinski definition) is 1. The Balaban J connectivity index is 1.74. The number of benzene rings is 3. The molecule has 0 aliphatic heterocycles. The molecule has 1 atom stereocenters. The van der Waals surface area contributed by atoms with Crippen LogP contribution in [0.4, 0.5) is 5.69 Å². The summed E-state index contributed by atoms with van der Waals surface area (Å²) in [6.45, 7) is -0.544. The Labute approximate surface area is 256 Å². The number of nitrogens with one attached hydrogen (secondary N) is 1. The van der Waals surface area contributed by atoms with Crippen molar-refractivity contribution in [2.24, 2.45) is 0 Å². The molecule has 0 saturated heterocycles. The number of carbonyl (C=O) groups excluding carboxylic acids is 2. The molecular weight excluding hydrogens is 605 g/mol. The molecule has 1 unspecified atom stereocenters. The van der Waals surface area contributed by atoms with Crippen molar-refractivity contribution in [3.63, 3.8) is 0 Å². The molecule has 0 heterocycles. The monoisotopic (exact) mass is 635 g/mol. The molecule has 1 N–H and O–H groups in total. The lowest BCUT2D eigenvalue weighted by molar-refractivity contribution is -0.140. The normalized spacial score (nSPS) is 14.4. The highest BCUT2D eigenvalue weighted by molar-refractivity contribution is 7.92. The molecule has 0 spiro atoms. The second-order valence-electron chi connectivity index (χ2n) is 10.2. The molecule has 1 fully saturated rings. The molecule has 7 nitrogen and oxygen atoms in total. The lowest BCUT2D eigenvalue weighted by atomic mass is 10.0. The van der Waals surface area contributed by atoms with Crippen LogP contribution < -0.4 is 9.62 Å². The Morgan fingerprint density at radius 3 is 2.24 bits per heavy atom. The maximum absolute atomic E-state index is 14.2. The molecule has 1 saturated carbocycles. The number of amides is 2. The highest BCUT2D eigenvalue weighted by atomic mass is 35.5. The van der Waals surface area contributed by atoms with Gasteiger partial charge in [-0.25, -0.2) is 8.42 Å². The fourth-order valence-corrected chi connectivity index (χ4v) is 6.55. The molecule has 0 radical (unpaired) electrons. The van der Waals surface area contributed by atoms with Crippen LogP contribution in [0.3, 0.4) is 0 Å². The van der Waals surface area contributed by atoms with E-state index in [2.05, 4.69) is 5.32 Å². The summed E-state index contributed by atoms with van der Waals surface area (Å²) in [6.07, 6.45) is 5.05. The summed E-state index contributed by atoms with van der Waals surface area (Å²) in [5.41, 5.74) is 1.64. The van der Waals surface area contributed by atoms with Gasteiger partial charge in [0.05, 0.1) is 22.0 Å². The van der Waals surface area contributed by atoms with E-state index in [0.717, 1.165) is 41.8 Å². The van der Waals surface area contributed by atoms with Crippen molar-refractivity contribution >= 4 is 62.3 Å². The number of anilines is 1. The number of halogens is 3. The molecule has 3 aromatic carbocycles. The largest absolute Gasteiger partial charge is 0.352 e. The SMILES string of the molecule is CS(=O)(=O)N(CC(=O)N(Cc1cccc(Cl)c1)C(Cc1ccccc1)C(=O)NC1CCCC1)c1cccc(Cl)c1Cl. The first-order valence-corrected chi connectivity index (χ1v) is 16.3. The predicted octanol–water partition coefficient (Wildman–Crippen LogP) is 6.11. The van der Waals surface area contributed by atoms with Gasteiger partial charge in [-0.15, -0.1) is 0 Å². The van der Waals surface area contributed by atoms with Crippen molar-refractivity contribution < 1.29 is 18.0 Å². The fraction of sp³-hybridized carbons (Fsp3) is 0.333. The third-order valence-electron chi connectivity index (χ3n) is 7.09. The number of sulfonamides is 1. The zero-order valence-corrected chi connectivity index (χ0v) is 25.7. The standard InChI is InChI=1S/C30H32Cl3N3O4S/c1-41(39,40)36(26-16-8-15-25(32)29(26)33)20-28(37)35(19-22-11-7-12-23(31)17-22)27(18-21-9-3-2-4-10-21)30(38)34-24-13-5-6-14-24/h2-4,7-12,15-17,24,27H,5-6,13-14,18-20H2,1H3,(H,34,38). The van der Waals surface area contributed by atoms with Gasteiger partial charge in [0.1, 0.15) is 12.6 Å². The average molecular weight is 637 g/mol. The Morgan fingerprint density at radius 2 is 1.59 bits per heavy atom. The minimum atomic E-state index is -3.97. The lowest BCUT2D eigenvalue weighted by Crippen LogP contribution is -2.54. The number of rotatable bonds is 11. The van der Waals surface area contributed by atoms with Crippen LogP contribution in [0.5, 0.6) is 0 Å². The molecule has 218 valence electrons. The van der Waals surface area contributed by atoms with Gasteiger partial charge in [-0.2, -0.15) is 0 Å².